The van der Waals surface area contributed by atoms with Crippen LogP contribution in [0, 0.1) is 0 Å². The van der Waals surface area contributed by atoms with E-state index >= 15 is 0 Å². The van der Waals surface area contributed by atoms with Gasteiger partial charge < -0.3 is 14.8 Å². The normalized spacial score (nSPS) is 11.9. The second kappa shape index (κ2) is 6.48. The van der Waals surface area contributed by atoms with E-state index in [0.29, 0.717) is 6.04 Å². The van der Waals surface area contributed by atoms with Crippen molar-refractivity contribution in [3.63, 3.8) is 0 Å². The van der Waals surface area contributed by atoms with Gasteiger partial charge in [0.1, 0.15) is 0 Å². The number of anilines is 1. The Labute approximate surface area is 118 Å². The average molecular weight is 277 g/mol. The summed E-state index contributed by atoms with van der Waals surface area (Å²) in [6.07, 6.45) is 0.941. The van der Waals surface area contributed by atoms with Crippen LogP contribution in [0.4, 0.5) is 5.69 Å². The highest BCUT2D eigenvalue weighted by atomic mass is 32.1. The molecule has 0 radical (unpaired) electrons. The van der Waals surface area contributed by atoms with E-state index in [0.717, 1.165) is 17.9 Å². The summed E-state index contributed by atoms with van der Waals surface area (Å²) in [4.78, 5) is 0. The number of methoxy groups -OCH3 is 2. The molecule has 19 heavy (non-hydrogen) atoms. The van der Waals surface area contributed by atoms with E-state index in [2.05, 4.69) is 35.1 Å². The van der Waals surface area contributed by atoms with Crippen molar-refractivity contribution in [2.75, 3.05) is 19.5 Å². The van der Waals surface area contributed by atoms with Gasteiger partial charge in [-0.3, -0.25) is 0 Å². The van der Waals surface area contributed by atoms with Crippen LogP contribution < -0.4 is 14.8 Å². The summed E-state index contributed by atoms with van der Waals surface area (Å²) in [5.41, 5.74) is 2.41. The molecule has 1 aromatic heterocycles. The minimum atomic E-state index is 0.368. The molecular formula is C15H19NO2S. The Bertz CT molecular complexity index is 511. The summed E-state index contributed by atoms with van der Waals surface area (Å²) in [5, 5.41) is 7.67. The third kappa shape index (κ3) is 3.64. The largest absolute Gasteiger partial charge is 0.493 e. The standard InChI is InChI=1S/C15H19NO2S/c1-11(16-13-6-7-19-10-13)8-12-4-5-14(17-2)15(9-12)18-3/h4-7,9-11,16H,8H2,1-3H3. The molecule has 2 rings (SSSR count). The molecule has 1 atom stereocenters. The van der Waals surface area contributed by atoms with E-state index in [4.69, 9.17) is 9.47 Å². The maximum atomic E-state index is 5.32. The summed E-state index contributed by atoms with van der Waals surface area (Å²) in [6, 6.07) is 8.52. The predicted molar refractivity (Wildman–Crippen MR) is 80.7 cm³/mol. The first-order valence-corrected chi connectivity index (χ1v) is 7.17. The zero-order valence-corrected chi connectivity index (χ0v) is 12.3. The minimum Gasteiger partial charge on any atom is -0.493 e. The van der Waals surface area contributed by atoms with E-state index in [-0.39, 0.29) is 0 Å². The molecule has 102 valence electrons. The van der Waals surface area contributed by atoms with Gasteiger partial charge in [0, 0.05) is 17.1 Å². The molecule has 1 aromatic carbocycles. The lowest BCUT2D eigenvalue weighted by Gasteiger charge is -2.15. The summed E-state index contributed by atoms with van der Waals surface area (Å²) in [7, 11) is 3.31. The molecule has 2 aromatic rings. The van der Waals surface area contributed by atoms with Gasteiger partial charge in [-0.25, -0.2) is 0 Å². The zero-order chi connectivity index (χ0) is 13.7. The number of rotatable bonds is 6. The Morgan fingerprint density at radius 2 is 1.95 bits per heavy atom. The van der Waals surface area contributed by atoms with Crippen LogP contribution in [0.3, 0.4) is 0 Å². The summed E-state index contributed by atoms with van der Waals surface area (Å²) < 4.78 is 10.6. The van der Waals surface area contributed by atoms with Crippen LogP contribution in [0.15, 0.2) is 35.0 Å². The number of thiophene rings is 1. The smallest absolute Gasteiger partial charge is 0.160 e. The zero-order valence-electron chi connectivity index (χ0n) is 11.5. The van der Waals surface area contributed by atoms with Crippen molar-refractivity contribution in [2.24, 2.45) is 0 Å². The van der Waals surface area contributed by atoms with Crippen LogP contribution in [0.25, 0.3) is 0 Å². The van der Waals surface area contributed by atoms with Crippen LogP contribution in [0.2, 0.25) is 0 Å². The number of ether oxygens (including phenoxy) is 2. The molecule has 0 aliphatic carbocycles. The Balaban J connectivity index is 2.02. The lowest BCUT2D eigenvalue weighted by atomic mass is 10.1. The van der Waals surface area contributed by atoms with Crippen molar-refractivity contribution < 1.29 is 9.47 Å². The van der Waals surface area contributed by atoms with E-state index in [1.54, 1.807) is 25.6 Å². The number of nitrogens with one attached hydrogen (secondary N) is 1. The molecule has 0 amide bonds. The quantitative estimate of drug-likeness (QED) is 0.871. The third-order valence-corrected chi connectivity index (χ3v) is 3.61. The fraction of sp³-hybridized carbons (Fsp3) is 0.333. The molecule has 1 unspecified atom stereocenters. The molecule has 1 N–H and O–H groups in total. The van der Waals surface area contributed by atoms with Gasteiger partial charge in [-0.2, -0.15) is 11.3 Å². The molecule has 1 heterocycles. The maximum Gasteiger partial charge on any atom is 0.160 e. The van der Waals surface area contributed by atoms with Crippen molar-refractivity contribution in [3.8, 4) is 11.5 Å². The topological polar surface area (TPSA) is 30.5 Å². The third-order valence-electron chi connectivity index (χ3n) is 2.92. The van der Waals surface area contributed by atoms with Crippen LogP contribution in [0.1, 0.15) is 12.5 Å². The Morgan fingerprint density at radius 3 is 2.58 bits per heavy atom. The van der Waals surface area contributed by atoms with E-state index in [9.17, 15) is 0 Å². The molecule has 0 fully saturated rings. The highest BCUT2D eigenvalue weighted by Gasteiger charge is 2.08. The highest BCUT2D eigenvalue weighted by molar-refractivity contribution is 7.08. The van der Waals surface area contributed by atoms with Crippen molar-refractivity contribution in [3.05, 3.63) is 40.6 Å². The Hall–Kier alpha value is -1.68. The van der Waals surface area contributed by atoms with Gasteiger partial charge in [0.2, 0.25) is 0 Å². The SMILES string of the molecule is COc1ccc(CC(C)Nc2ccsc2)cc1OC. The van der Waals surface area contributed by atoms with Gasteiger partial charge in [-0.05, 0) is 42.5 Å². The monoisotopic (exact) mass is 277 g/mol. The molecule has 4 heteroatoms. The molecular weight excluding hydrogens is 258 g/mol. The van der Waals surface area contributed by atoms with Crippen LogP contribution >= 0.6 is 11.3 Å². The molecule has 0 saturated carbocycles. The molecule has 0 saturated heterocycles. The lowest BCUT2D eigenvalue weighted by Crippen LogP contribution is -2.17. The average Bonchev–Trinajstić information content (AvgIpc) is 2.91. The number of hydrogen-bond acceptors (Lipinski definition) is 4. The van der Waals surface area contributed by atoms with Crippen molar-refractivity contribution >= 4 is 17.0 Å². The summed E-state index contributed by atoms with van der Waals surface area (Å²) >= 11 is 1.70. The molecule has 0 aliphatic rings. The second-order valence-corrected chi connectivity index (χ2v) is 5.23. The lowest BCUT2D eigenvalue weighted by molar-refractivity contribution is 0.354. The van der Waals surface area contributed by atoms with Gasteiger partial charge in [0.15, 0.2) is 11.5 Å². The van der Waals surface area contributed by atoms with Crippen LogP contribution in [-0.2, 0) is 6.42 Å². The first kappa shape index (κ1) is 13.7. The van der Waals surface area contributed by atoms with Crippen LogP contribution in [-0.4, -0.2) is 20.3 Å². The predicted octanol–water partition coefficient (Wildman–Crippen LogP) is 3.81. The number of benzene rings is 1. The van der Waals surface area contributed by atoms with Gasteiger partial charge in [0.25, 0.3) is 0 Å². The van der Waals surface area contributed by atoms with Gasteiger partial charge in [-0.1, -0.05) is 6.07 Å². The molecule has 3 nitrogen and oxygen atoms in total. The van der Waals surface area contributed by atoms with Gasteiger partial charge >= 0.3 is 0 Å². The fourth-order valence-electron chi connectivity index (χ4n) is 2.04. The fourth-order valence-corrected chi connectivity index (χ4v) is 2.64. The van der Waals surface area contributed by atoms with Crippen molar-refractivity contribution in [2.45, 2.75) is 19.4 Å². The van der Waals surface area contributed by atoms with E-state index in [1.165, 1.54) is 11.3 Å². The van der Waals surface area contributed by atoms with Crippen LogP contribution in [0.5, 0.6) is 11.5 Å². The van der Waals surface area contributed by atoms with Crippen molar-refractivity contribution in [1.82, 2.24) is 0 Å². The Morgan fingerprint density at radius 1 is 1.16 bits per heavy atom. The molecule has 0 aliphatic heterocycles. The highest BCUT2D eigenvalue weighted by Crippen LogP contribution is 2.28. The molecule has 0 bridgehead atoms. The molecule has 0 spiro atoms. The van der Waals surface area contributed by atoms with Crippen molar-refractivity contribution in [1.29, 1.82) is 0 Å². The van der Waals surface area contributed by atoms with E-state index in [1.807, 2.05) is 12.1 Å². The second-order valence-electron chi connectivity index (χ2n) is 4.45. The first-order chi connectivity index (χ1) is 9.22. The summed E-state index contributed by atoms with van der Waals surface area (Å²) in [5.74, 6) is 1.55. The van der Waals surface area contributed by atoms with E-state index < -0.39 is 0 Å². The summed E-state index contributed by atoms with van der Waals surface area (Å²) in [6.45, 7) is 2.17. The minimum absolute atomic E-state index is 0.368. The Kier molecular flexibility index (Phi) is 4.68. The number of hydrogen-bond donors (Lipinski definition) is 1. The maximum absolute atomic E-state index is 5.32. The van der Waals surface area contributed by atoms with Gasteiger partial charge in [0.05, 0.1) is 14.2 Å². The first-order valence-electron chi connectivity index (χ1n) is 6.22. The van der Waals surface area contributed by atoms with Gasteiger partial charge in [-0.15, -0.1) is 0 Å².